The van der Waals surface area contributed by atoms with Crippen molar-refractivity contribution in [2.75, 3.05) is 16.8 Å². The first-order valence-electron chi connectivity index (χ1n) is 8.44. The van der Waals surface area contributed by atoms with Crippen LogP contribution in [0.4, 0.5) is 11.4 Å². The lowest BCUT2D eigenvalue weighted by atomic mass is 10.1. The second-order valence-corrected chi connectivity index (χ2v) is 7.75. The van der Waals surface area contributed by atoms with E-state index in [1.165, 1.54) is 0 Å². The summed E-state index contributed by atoms with van der Waals surface area (Å²) in [6.07, 6.45) is 2.42. The summed E-state index contributed by atoms with van der Waals surface area (Å²) in [6.45, 7) is 0.588. The van der Waals surface area contributed by atoms with Gasteiger partial charge in [-0.2, -0.15) is 0 Å². The molecular formula is C20H17ClIN2O3-. The number of amides is 1. The molecule has 3 rings (SSSR count). The fourth-order valence-corrected chi connectivity index (χ4v) is 3.59. The van der Waals surface area contributed by atoms with Crippen molar-refractivity contribution < 1.29 is 14.7 Å². The Labute approximate surface area is 176 Å². The maximum absolute atomic E-state index is 12.6. The normalized spacial score (nSPS) is 16.6. The highest BCUT2D eigenvalue weighted by Gasteiger charge is 2.27. The van der Waals surface area contributed by atoms with Gasteiger partial charge in [0.1, 0.15) is 0 Å². The second-order valence-electron chi connectivity index (χ2n) is 6.15. The van der Waals surface area contributed by atoms with Gasteiger partial charge in [-0.25, -0.2) is 0 Å². The summed E-state index contributed by atoms with van der Waals surface area (Å²) in [5, 5.41) is 15.0. The molecule has 0 aromatic heterocycles. The molecule has 2 aromatic rings. The molecule has 1 saturated heterocycles. The van der Waals surface area contributed by atoms with E-state index in [0.717, 1.165) is 9.26 Å². The second kappa shape index (κ2) is 8.75. The third-order valence-corrected chi connectivity index (χ3v) is 5.51. The number of benzene rings is 2. The SMILES string of the molecule is O=C([O-])C(C/C=C1\CCN(c2ccccc2)C1=O)Nc1cc(Cl)ccc1I. The maximum atomic E-state index is 12.6. The first-order chi connectivity index (χ1) is 13.0. The zero-order valence-electron chi connectivity index (χ0n) is 14.3. The van der Waals surface area contributed by atoms with E-state index in [1.54, 1.807) is 29.2 Å². The molecule has 1 aliphatic rings. The van der Waals surface area contributed by atoms with Gasteiger partial charge in [-0.15, -0.1) is 0 Å². The zero-order chi connectivity index (χ0) is 19.4. The van der Waals surface area contributed by atoms with Gasteiger partial charge in [0, 0.05) is 32.1 Å². The highest BCUT2D eigenvalue weighted by molar-refractivity contribution is 14.1. The van der Waals surface area contributed by atoms with E-state index in [2.05, 4.69) is 27.9 Å². The molecule has 1 atom stereocenters. The van der Waals surface area contributed by atoms with Crippen LogP contribution in [0, 0.1) is 3.57 Å². The summed E-state index contributed by atoms with van der Waals surface area (Å²) in [4.78, 5) is 25.8. The molecule has 1 N–H and O–H groups in total. The van der Waals surface area contributed by atoms with Crippen molar-refractivity contribution in [1.29, 1.82) is 0 Å². The van der Waals surface area contributed by atoms with Crippen LogP contribution in [0.1, 0.15) is 12.8 Å². The fraction of sp³-hybridized carbons (Fsp3) is 0.200. The van der Waals surface area contributed by atoms with Crippen LogP contribution < -0.4 is 15.3 Å². The van der Waals surface area contributed by atoms with Crippen molar-refractivity contribution in [3.8, 4) is 0 Å². The molecule has 0 saturated carbocycles. The Morgan fingerprint density at radius 1 is 1.30 bits per heavy atom. The molecular weight excluding hydrogens is 479 g/mol. The van der Waals surface area contributed by atoms with Gasteiger partial charge < -0.3 is 20.1 Å². The Morgan fingerprint density at radius 2 is 2.04 bits per heavy atom. The lowest BCUT2D eigenvalue weighted by Gasteiger charge is -2.21. The number of anilines is 2. The van der Waals surface area contributed by atoms with E-state index in [9.17, 15) is 14.7 Å². The third-order valence-electron chi connectivity index (χ3n) is 4.34. The molecule has 5 nitrogen and oxygen atoms in total. The quantitative estimate of drug-likeness (QED) is 0.493. The minimum atomic E-state index is -1.23. The number of nitrogens with one attached hydrogen (secondary N) is 1. The Kier molecular flexibility index (Phi) is 6.38. The average molecular weight is 496 g/mol. The van der Waals surface area contributed by atoms with Crippen LogP contribution in [0.15, 0.2) is 60.2 Å². The first kappa shape index (κ1) is 19.7. The first-order valence-corrected chi connectivity index (χ1v) is 9.90. The van der Waals surface area contributed by atoms with Crippen molar-refractivity contribution in [1.82, 2.24) is 0 Å². The number of aliphatic carboxylic acids is 1. The molecule has 27 heavy (non-hydrogen) atoms. The van der Waals surface area contributed by atoms with E-state index < -0.39 is 12.0 Å². The number of hydrogen-bond acceptors (Lipinski definition) is 4. The van der Waals surface area contributed by atoms with E-state index in [1.807, 2.05) is 30.3 Å². The lowest BCUT2D eigenvalue weighted by molar-refractivity contribution is -0.306. The largest absolute Gasteiger partial charge is 0.548 e. The van der Waals surface area contributed by atoms with Crippen molar-refractivity contribution >= 4 is 57.4 Å². The van der Waals surface area contributed by atoms with E-state index in [-0.39, 0.29) is 12.3 Å². The van der Waals surface area contributed by atoms with Gasteiger partial charge >= 0.3 is 0 Å². The van der Waals surface area contributed by atoms with Crippen LogP contribution >= 0.6 is 34.2 Å². The number of halogens is 2. The van der Waals surface area contributed by atoms with Crippen molar-refractivity contribution in [3.63, 3.8) is 0 Å². The maximum Gasteiger partial charge on any atom is 0.253 e. The topological polar surface area (TPSA) is 72.5 Å². The summed E-state index contributed by atoms with van der Waals surface area (Å²) in [5.41, 5.74) is 2.08. The number of carboxylic acids is 1. The molecule has 140 valence electrons. The Bertz CT molecular complexity index is 886. The Morgan fingerprint density at radius 3 is 2.74 bits per heavy atom. The molecule has 0 spiro atoms. The summed E-state index contributed by atoms with van der Waals surface area (Å²) >= 11 is 8.09. The molecule has 1 unspecified atom stereocenters. The number of carbonyl (C=O) groups is 2. The number of carboxylic acid groups (broad SMARTS) is 1. The van der Waals surface area contributed by atoms with Gasteiger partial charge in [0.15, 0.2) is 0 Å². The number of hydrogen-bond donors (Lipinski definition) is 1. The number of rotatable bonds is 6. The number of carbonyl (C=O) groups excluding carboxylic acids is 2. The van der Waals surface area contributed by atoms with Crippen molar-refractivity contribution in [2.24, 2.45) is 0 Å². The Balaban J connectivity index is 1.71. The Hall–Kier alpha value is -2.06. The fourth-order valence-electron chi connectivity index (χ4n) is 2.93. The predicted molar refractivity (Wildman–Crippen MR) is 113 cm³/mol. The summed E-state index contributed by atoms with van der Waals surface area (Å²) in [7, 11) is 0. The van der Waals surface area contributed by atoms with Crippen LogP contribution in [-0.2, 0) is 9.59 Å². The van der Waals surface area contributed by atoms with Crippen LogP contribution in [0.3, 0.4) is 0 Å². The van der Waals surface area contributed by atoms with E-state index in [4.69, 9.17) is 11.6 Å². The van der Waals surface area contributed by atoms with Crippen LogP contribution in [0.2, 0.25) is 5.02 Å². The highest BCUT2D eigenvalue weighted by Crippen LogP contribution is 2.26. The number of nitrogens with zero attached hydrogens (tertiary/aromatic N) is 1. The standard InChI is InChI=1S/C20H18ClIN2O3/c21-14-7-8-16(22)18(12-14)23-17(20(26)27)9-6-13-10-11-24(19(13)25)15-4-2-1-3-5-15/h1-8,12,17,23H,9-11H2,(H,26,27)/p-1/b13-6+. The molecule has 0 aliphatic carbocycles. The van der Waals surface area contributed by atoms with Gasteiger partial charge in [-0.3, -0.25) is 4.79 Å². The smallest absolute Gasteiger partial charge is 0.253 e. The summed E-state index contributed by atoms with van der Waals surface area (Å²) in [6, 6.07) is 13.7. The molecule has 1 fully saturated rings. The average Bonchev–Trinajstić information content (AvgIpc) is 3.02. The zero-order valence-corrected chi connectivity index (χ0v) is 17.2. The highest BCUT2D eigenvalue weighted by atomic mass is 127. The molecule has 2 aromatic carbocycles. The monoisotopic (exact) mass is 495 g/mol. The molecule has 1 aliphatic heterocycles. The minimum Gasteiger partial charge on any atom is -0.548 e. The molecule has 1 heterocycles. The van der Waals surface area contributed by atoms with Gasteiger partial charge in [0.25, 0.3) is 5.91 Å². The summed E-state index contributed by atoms with van der Waals surface area (Å²) < 4.78 is 0.850. The van der Waals surface area contributed by atoms with Gasteiger partial charge in [-0.1, -0.05) is 35.9 Å². The van der Waals surface area contributed by atoms with Crippen molar-refractivity contribution in [2.45, 2.75) is 18.9 Å². The van der Waals surface area contributed by atoms with Crippen LogP contribution in [0.5, 0.6) is 0 Å². The summed E-state index contributed by atoms with van der Waals surface area (Å²) in [5.74, 6) is -1.32. The van der Waals surface area contributed by atoms with E-state index >= 15 is 0 Å². The molecule has 7 heteroatoms. The van der Waals surface area contributed by atoms with Gasteiger partial charge in [0.2, 0.25) is 0 Å². The van der Waals surface area contributed by atoms with Gasteiger partial charge in [0.05, 0.1) is 12.0 Å². The molecule has 0 bridgehead atoms. The predicted octanol–water partition coefficient (Wildman–Crippen LogP) is 3.23. The van der Waals surface area contributed by atoms with Crippen molar-refractivity contribution in [3.05, 3.63) is 68.8 Å². The molecule has 0 radical (unpaired) electrons. The van der Waals surface area contributed by atoms with Crippen LogP contribution in [-0.4, -0.2) is 24.5 Å². The van der Waals surface area contributed by atoms with E-state index in [0.29, 0.717) is 29.2 Å². The minimum absolute atomic E-state index is 0.0874. The third kappa shape index (κ3) is 4.81. The van der Waals surface area contributed by atoms with Gasteiger partial charge in [-0.05, 0) is 65.8 Å². The molecule has 1 amide bonds. The van der Waals surface area contributed by atoms with Crippen LogP contribution in [0.25, 0.3) is 0 Å². The lowest BCUT2D eigenvalue weighted by Crippen LogP contribution is -2.40. The number of para-hydroxylation sites is 1.